The lowest BCUT2D eigenvalue weighted by molar-refractivity contribution is -0.115. The molecule has 0 radical (unpaired) electrons. The van der Waals surface area contributed by atoms with Crippen LogP contribution < -0.4 is 10.1 Å². The van der Waals surface area contributed by atoms with Crippen LogP contribution in [0, 0.1) is 0 Å². The molecule has 1 aliphatic heterocycles. The van der Waals surface area contributed by atoms with E-state index in [1.54, 1.807) is 13.2 Å². The molecule has 2 aromatic rings. The largest absolute Gasteiger partial charge is 0.496 e. The lowest BCUT2D eigenvalue weighted by atomic mass is 10.2. The topological polar surface area (TPSA) is 50.7 Å². The number of halogens is 1. The van der Waals surface area contributed by atoms with Gasteiger partial charge in [0.1, 0.15) is 5.75 Å². The van der Waals surface area contributed by atoms with Crippen molar-refractivity contribution in [3.05, 3.63) is 63.5 Å². The van der Waals surface area contributed by atoms with Gasteiger partial charge in [0.05, 0.1) is 17.7 Å². The number of hydrogen-bond acceptors (Lipinski definition) is 4. The molecule has 0 saturated carbocycles. The van der Waals surface area contributed by atoms with Crippen LogP contribution in [0.15, 0.2) is 62.9 Å². The van der Waals surface area contributed by atoms with E-state index in [0.717, 1.165) is 15.7 Å². The predicted octanol–water partition coefficient (Wildman–Crippen LogP) is 4.35. The zero-order chi connectivity index (χ0) is 16.2. The van der Waals surface area contributed by atoms with E-state index in [1.165, 1.54) is 11.8 Å². The van der Waals surface area contributed by atoms with Crippen LogP contribution in [0.4, 0.5) is 5.69 Å². The van der Waals surface area contributed by atoms with E-state index in [1.807, 2.05) is 48.5 Å². The summed E-state index contributed by atoms with van der Waals surface area (Å²) < 4.78 is 6.25. The van der Waals surface area contributed by atoms with Gasteiger partial charge in [-0.1, -0.05) is 34.1 Å². The molecule has 2 aromatic carbocycles. The summed E-state index contributed by atoms with van der Waals surface area (Å²) in [6.07, 6.45) is 1.80. The number of nitrogens with one attached hydrogen (secondary N) is 1. The molecule has 4 nitrogen and oxygen atoms in total. The maximum absolute atomic E-state index is 12.1. The number of rotatable bonds is 3. The normalized spacial score (nSPS) is 17.6. The fraction of sp³-hybridized carbons (Fsp3) is 0.0588. The SMILES string of the molecule is COc1ccc(Br)cc1C=C1SC(=Nc2ccccc2)NC1=O. The first-order chi connectivity index (χ1) is 11.2. The number of aliphatic imine (C=N–C) groups is 1. The Morgan fingerprint density at radius 2 is 2.00 bits per heavy atom. The number of nitrogens with zero attached hydrogens (tertiary/aromatic N) is 1. The highest BCUT2D eigenvalue weighted by Crippen LogP contribution is 2.31. The average molecular weight is 389 g/mol. The first-order valence-electron chi connectivity index (χ1n) is 6.84. The molecular formula is C17H13BrN2O2S. The maximum atomic E-state index is 12.1. The number of benzene rings is 2. The molecule has 0 aromatic heterocycles. The number of amidine groups is 1. The van der Waals surface area contributed by atoms with Crippen LogP contribution in [0.1, 0.15) is 5.56 Å². The van der Waals surface area contributed by atoms with Crippen molar-refractivity contribution in [1.82, 2.24) is 5.32 Å². The molecule has 0 aliphatic carbocycles. The van der Waals surface area contributed by atoms with Gasteiger partial charge in [0.2, 0.25) is 0 Å². The molecule has 0 unspecified atom stereocenters. The molecule has 1 saturated heterocycles. The predicted molar refractivity (Wildman–Crippen MR) is 97.9 cm³/mol. The standard InChI is InChI=1S/C17H13BrN2O2S/c1-22-14-8-7-12(18)9-11(14)10-15-16(21)20-17(23-15)19-13-5-3-2-4-6-13/h2-10H,1H3,(H,19,20,21). The quantitative estimate of drug-likeness (QED) is 0.795. The van der Waals surface area contributed by atoms with E-state index >= 15 is 0 Å². The number of methoxy groups -OCH3 is 1. The Morgan fingerprint density at radius 3 is 2.74 bits per heavy atom. The van der Waals surface area contributed by atoms with Crippen molar-refractivity contribution in [2.75, 3.05) is 7.11 Å². The van der Waals surface area contributed by atoms with Crippen LogP contribution in [-0.4, -0.2) is 18.2 Å². The zero-order valence-corrected chi connectivity index (χ0v) is 14.6. The monoisotopic (exact) mass is 388 g/mol. The molecule has 1 aliphatic rings. The van der Waals surface area contributed by atoms with Gasteiger partial charge >= 0.3 is 0 Å². The van der Waals surface area contributed by atoms with E-state index in [-0.39, 0.29) is 5.91 Å². The number of ether oxygens (including phenoxy) is 1. The van der Waals surface area contributed by atoms with Crippen LogP contribution in [0.2, 0.25) is 0 Å². The molecule has 0 spiro atoms. The smallest absolute Gasteiger partial charge is 0.264 e. The van der Waals surface area contributed by atoms with Gasteiger partial charge in [-0.05, 0) is 48.2 Å². The molecule has 0 atom stereocenters. The Bertz CT molecular complexity index is 803. The molecule has 1 N–H and O–H groups in total. The fourth-order valence-electron chi connectivity index (χ4n) is 2.06. The lowest BCUT2D eigenvalue weighted by Gasteiger charge is -2.05. The van der Waals surface area contributed by atoms with Gasteiger partial charge in [-0.15, -0.1) is 0 Å². The van der Waals surface area contributed by atoms with Crippen molar-refractivity contribution in [3.8, 4) is 5.75 Å². The maximum Gasteiger partial charge on any atom is 0.264 e. The second-order valence-corrected chi connectivity index (χ2v) is 6.65. The van der Waals surface area contributed by atoms with Gasteiger partial charge in [0.15, 0.2) is 5.17 Å². The highest BCUT2D eigenvalue weighted by molar-refractivity contribution is 9.10. The minimum absolute atomic E-state index is 0.160. The first-order valence-corrected chi connectivity index (χ1v) is 8.45. The zero-order valence-electron chi connectivity index (χ0n) is 12.2. The van der Waals surface area contributed by atoms with E-state index in [0.29, 0.717) is 15.8 Å². The summed E-state index contributed by atoms with van der Waals surface area (Å²) in [6.45, 7) is 0. The van der Waals surface area contributed by atoms with Gasteiger partial charge < -0.3 is 10.1 Å². The van der Waals surface area contributed by atoms with Crippen molar-refractivity contribution in [1.29, 1.82) is 0 Å². The Kier molecular flexibility index (Phi) is 4.83. The molecule has 1 heterocycles. The highest BCUT2D eigenvalue weighted by atomic mass is 79.9. The van der Waals surface area contributed by atoms with Gasteiger partial charge in [0.25, 0.3) is 5.91 Å². The molecule has 23 heavy (non-hydrogen) atoms. The number of carbonyl (C=O) groups is 1. The average Bonchev–Trinajstić information content (AvgIpc) is 2.88. The molecule has 116 valence electrons. The van der Waals surface area contributed by atoms with Crippen molar-refractivity contribution in [2.24, 2.45) is 4.99 Å². The molecular weight excluding hydrogens is 376 g/mol. The van der Waals surface area contributed by atoms with Gasteiger partial charge in [-0.2, -0.15) is 0 Å². The van der Waals surface area contributed by atoms with E-state index in [9.17, 15) is 4.79 Å². The van der Waals surface area contributed by atoms with Gasteiger partial charge in [-0.3, -0.25) is 4.79 Å². The van der Waals surface area contributed by atoms with Crippen LogP contribution >= 0.6 is 27.7 Å². The van der Waals surface area contributed by atoms with Crippen LogP contribution in [0.25, 0.3) is 6.08 Å². The number of thioether (sulfide) groups is 1. The summed E-state index contributed by atoms with van der Waals surface area (Å²) in [4.78, 5) is 17.1. The number of para-hydroxylation sites is 1. The van der Waals surface area contributed by atoms with E-state index in [2.05, 4.69) is 26.2 Å². The highest BCUT2D eigenvalue weighted by Gasteiger charge is 2.24. The van der Waals surface area contributed by atoms with Crippen molar-refractivity contribution < 1.29 is 9.53 Å². The minimum atomic E-state index is -0.160. The summed E-state index contributed by atoms with van der Waals surface area (Å²) >= 11 is 4.74. The molecule has 1 fully saturated rings. The molecule has 1 amide bonds. The number of carbonyl (C=O) groups excluding carboxylic acids is 1. The van der Waals surface area contributed by atoms with Crippen LogP contribution in [0.5, 0.6) is 5.75 Å². The van der Waals surface area contributed by atoms with Crippen molar-refractivity contribution in [2.45, 2.75) is 0 Å². The third kappa shape index (κ3) is 3.83. The van der Waals surface area contributed by atoms with Crippen LogP contribution in [-0.2, 0) is 4.79 Å². The van der Waals surface area contributed by atoms with Crippen molar-refractivity contribution >= 4 is 50.5 Å². The second kappa shape index (κ2) is 7.02. The summed E-state index contributed by atoms with van der Waals surface area (Å²) in [5.41, 5.74) is 1.64. The van der Waals surface area contributed by atoms with Gasteiger partial charge in [0, 0.05) is 10.0 Å². The summed E-state index contributed by atoms with van der Waals surface area (Å²) in [5.74, 6) is 0.550. The third-order valence-corrected chi connectivity index (χ3v) is 4.52. The second-order valence-electron chi connectivity index (χ2n) is 4.70. The summed E-state index contributed by atoms with van der Waals surface area (Å²) in [6, 6.07) is 15.2. The number of hydrogen-bond donors (Lipinski definition) is 1. The lowest BCUT2D eigenvalue weighted by Crippen LogP contribution is -2.19. The Hall–Kier alpha value is -2.05. The number of amides is 1. The Labute approximate surface area is 146 Å². The van der Waals surface area contributed by atoms with Crippen LogP contribution in [0.3, 0.4) is 0 Å². The summed E-state index contributed by atoms with van der Waals surface area (Å²) in [5, 5.41) is 3.35. The third-order valence-electron chi connectivity index (χ3n) is 3.12. The van der Waals surface area contributed by atoms with E-state index in [4.69, 9.17) is 4.74 Å². The molecule has 0 bridgehead atoms. The minimum Gasteiger partial charge on any atom is -0.496 e. The summed E-state index contributed by atoms with van der Waals surface area (Å²) in [7, 11) is 1.61. The Morgan fingerprint density at radius 1 is 1.22 bits per heavy atom. The molecule has 3 rings (SSSR count). The Balaban J connectivity index is 1.89. The first kappa shape index (κ1) is 15.8. The van der Waals surface area contributed by atoms with Gasteiger partial charge in [-0.25, -0.2) is 4.99 Å². The van der Waals surface area contributed by atoms with E-state index < -0.39 is 0 Å². The van der Waals surface area contributed by atoms with Crippen molar-refractivity contribution in [3.63, 3.8) is 0 Å². The fourth-order valence-corrected chi connectivity index (χ4v) is 3.27. The molecule has 6 heteroatoms.